The van der Waals surface area contributed by atoms with Crippen molar-refractivity contribution < 1.29 is 19.0 Å². The third kappa shape index (κ3) is 4.93. The molecule has 4 aromatic rings. The van der Waals surface area contributed by atoms with E-state index in [9.17, 15) is 5.11 Å². The second-order valence-corrected chi connectivity index (χ2v) is 10.9. The highest BCUT2D eigenvalue weighted by Crippen LogP contribution is 2.40. The van der Waals surface area contributed by atoms with Gasteiger partial charge in [0.15, 0.2) is 11.6 Å². The molecule has 8 nitrogen and oxygen atoms in total. The van der Waals surface area contributed by atoms with Crippen LogP contribution >= 0.6 is 0 Å². The number of hydrogen-bond donors (Lipinski definition) is 1. The van der Waals surface area contributed by atoms with E-state index in [1.54, 1.807) is 12.1 Å². The highest BCUT2D eigenvalue weighted by atomic mass is 19.1. The molecule has 2 aliphatic heterocycles. The Labute approximate surface area is 233 Å². The van der Waals surface area contributed by atoms with Crippen molar-refractivity contribution in [3.05, 3.63) is 65.9 Å². The van der Waals surface area contributed by atoms with E-state index in [0.29, 0.717) is 30.4 Å². The van der Waals surface area contributed by atoms with Crippen molar-refractivity contribution in [2.75, 3.05) is 31.7 Å². The molecule has 210 valence electrons. The number of nitrogens with zero attached hydrogens (tertiary/aromatic N) is 5. The summed E-state index contributed by atoms with van der Waals surface area (Å²) in [6.07, 6.45) is 8.97. The van der Waals surface area contributed by atoms with Gasteiger partial charge < -0.3 is 19.5 Å². The van der Waals surface area contributed by atoms with E-state index in [4.69, 9.17) is 14.5 Å². The summed E-state index contributed by atoms with van der Waals surface area (Å²) >= 11 is 0. The number of aliphatic hydroxyl groups excluding tert-OH is 1. The zero-order chi connectivity index (χ0) is 27.8. The van der Waals surface area contributed by atoms with Crippen molar-refractivity contribution in [2.45, 2.75) is 58.5 Å². The maximum Gasteiger partial charge on any atom is 0.188 e. The van der Waals surface area contributed by atoms with Crippen LogP contribution in [0.4, 0.5) is 15.8 Å². The lowest BCUT2D eigenvalue weighted by Crippen LogP contribution is -2.34. The number of fused-ring (bicyclic) bond motifs is 3. The molecule has 9 heteroatoms. The minimum atomic E-state index is -0.437. The van der Waals surface area contributed by atoms with Gasteiger partial charge in [0.2, 0.25) is 0 Å². The monoisotopic (exact) mass is 545 g/mol. The normalized spacial score (nSPS) is 18.2. The number of benzene rings is 2. The van der Waals surface area contributed by atoms with Crippen LogP contribution in [0.2, 0.25) is 0 Å². The quantitative estimate of drug-likeness (QED) is 0.328. The molecular formula is C31H36FN5O3. The zero-order valence-corrected chi connectivity index (χ0v) is 23.3. The summed E-state index contributed by atoms with van der Waals surface area (Å²) in [6.45, 7) is 6.98. The molecule has 2 aromatic heterocycles. The number of hydrogen-bond acceptors (Lipinski definition) is 7. The number of rotatable bonds is 6. The highest BCUT2D eigenvalue weighted by molar-refractivity contribution is 5.92. The summed E-state index contributed by atoms with van der Waals surface area (Å²) in [5.74, 6) is -0.315. The number of methoxy groups -OCH3 is 1. The molecule has 0 amide bonds. The molecule has 2 aliphatic rings. The molecule has 0 aliphatic carbocycles. The number of halogens is 1. The van der Waals surface area contributed by atoms with E-state index in [1.165, 1.54) is 7.11 Å². The largest absolute Gasteiger partial charge is 0.494 e. The summed E-state index contributed by atoms with van der Waals surface area (Å²) in [5, 5.41) is 15.5. The lowest BCUT2D eigenvalue weighted by atomic mass is 10.0. The molecule has 40 heavy (non-hydrogen) atoms. The Morgan fingerprint density at radius 1 is 1.10 bits per heavy atom. The highest BCUT2D eigenvalue weighted by Gasteiger charge is 2.27. The predicted octanol–water partition coefficient (Wildman–Crippen LogP) is 5.80. The number of aromatic nitrogens is 3. The summed E-state index contributed by atoms with van der Waals surface area (Å²) in [7, 11) is 1.45. The molecule has 1 fully saturated rings. The standard InChI is InChI=1S/C31H36FN5O3/c1-20(2)35-9-10-36(28-12-21(19-38)13-29(39-3)31(28)32)27-8-7-26-24(25(27)18-35)14-22(15-33-26)23-16-34-37(17-23)30-6-4-5-11-40-30/h7-8,12-17,20,30,38H,4-6,9-11,18-19H2,1-3H3. The molecule has 1 atom stereocenters. The second kappa shape index (κ2) is 11.2. The predicted molar refractivity (Wildman–Crippen MR) is 153 cm³/mol. The Kier molecular flexibility index (Phi) is 7.44. The summed E-state index contributed by atoms with van der Waals surface area (Å²) < 4.78 is 28.9. The average molecular weight is 546 g/mol. The lowest BCUT2D eigenvalue weighted by Gasteiger charge is -2.27. The molecule has 0 bridgehead atoms. The van der Waals surface area contributed by atoms with Crippen LogP contribution in [0.5, 0.6) is 5.75 Å². The Morgan fingerprint density at radius 3 is 2.73 bits per heavy atom. The summed E-state index contributed by atoms with van der Waals surface area (Å²) in [6, 6.07) is 9.77. The van der Waals surface area contributed by atoms with E-state index in [0.717, 1.165) is 65.7 Å². The molecule has 6 rings (SSSR count). The van der Waals surface area contributed by atoms with Crippen molar-refractivity contribution in [2.24, 2.45) is 0 Å². The molecule has 0 radical (unpaired) electrons. The van der Waals surface area contributed by atoms with Crippen molar-refractivity contribution >= 4 is 22.3 Å². The lowest BCUT2D eigenvalue weighted by molar-refractivity contribution is -0.0394. The smallest absolute Gasteiger partial charge is 0.188 e. The van der Waals surface area contributed by atoms with Crippen LogP contribution in [-0.4, -0.2) is 57.6 Å². The van der Waals surface area contributed by atoms with Crippen LogP contribution in [0.15, 0.2) is 48.9 Å². The summed E-state index contributed by atoms with van der Waals surface area (Å²) in [5.41, 5.74) is 5.86. The Bertz CT molecular complexity index is 1510. The van der Waals surface area contributed by atoms with Crippen LogP contribution < -0.4 is 9.64 Å². The van der Waals surface area contributed by atoms with Gasteiger partial charge in [0.25, 0.3) is 0 Å². The van der Waals surface area contributed by atoms with Crippen LogP contribution in [-0.2, 0) is 17.9 Å². The Morgan fingerprint density at radius 2 is 1.98 bits per heavy atom. The summed E-state index contributed by atoms with van der Waals surface area (Å²) in [4.78, 5) is 9.24. The van der Waals surface area contributed by atoms with Crippen molar-refractivity contribution in [3.63, 3.8) is 0 Å². The third-order valence-electron chi connectivity index (χ3n) is 8.10. The Hall–Kier alpha value is -3.53. The van der Waals surface area contributed by atoms with Gasteiger partial charge in [-0.15, -0.1) is 0 Å². The molecule has 1 saturated heterocycles. The fourth-order valence-corrected chi connectivity index (χ4v) is 5.80. The molecule has 0 spiro atoms. The van der Waals surface area contributed by atoms with Gasteiger partial charge in [0.1, 0.15) is 6.23 Å². The fourth-order valence-electron chi connectivity index (χ4n) is 5.80. The van der Waals surface area contributed by atoms with Crippen molar-refractivity contribution in [3.8, 4) is 16.9 Å². The van der Waals surface area contributed by atoms with Crippen molar-refractivity contribution in [1.29, 1.82) is 0 Å². The van der Waals surface area contributed by atoms with Gasteiger partial charge in [-0.05, 0) is 74.6 Å². The van der Waals surface area contributed by atoms with Gasteiger partial charge in [0, 0.05) is 66.9 Å². The van der Waals surface area contributed by atoms with E-state index in [1.807, 2.05) is 40.3 Å². The number of ether oxygens (including phenoxy) is 2. The molecule has 2 aromatic carbocycles. The van der Waals surface area contributed by atoms with Crippen molar-refractivity contribution in [1.82, 2.24) is 19.7 Å². The van der Waals surface area contributed by atoms with Gasteiger partial charge in [-0.2, -0.15) is 5.10 Å². The van der Waals surface area contributed by atoms with E-state index in [2.05, 4.69) is 29.9 Å². The first-order valence-corrected chi connectivity index (χ1v) is 14.0. The van der Waals surface area contributed by atoms with Crippen LogP contribution in [0.25, 0.3) is 22.0 Å². The topological polar surface area (TPSA) is 75.9 Å². The van der Waals surface area contributed by atoms with Gasteiger partial charge in [-0.25, -0.2) is 9.07 Å². The van der Waals surface area contributed by atoms with Gasteiger partial charge in [-0.1, -0.05) is 0 Å². The third-order valence-corrected chi connectivity index (χ3v) is 8.10. The average Bonchev–Trinajstić information content (AvgIpc) is 3.39. The van der Waals surface area contributed by atoms with Crippen LogP contribution in [0, 0.1) is 5.82 Å². The number of aliphatic hydroxyl groups is 1. The minimum Gasteiger partial charge on any atom is -0.494 e. The molecule has 1 unspecified atom stereocenters. The zero-order valence-electron chi connectivity index (χ0n) is 23.3. The SMILES string of the molecule is COc1cc(CO)cc(N2CCN(C(C)C)Cc3c2ccc2ncc(-c4cnn(C5CCCCO5)c4)cc32)c1F. The van der Waals surface area contributed by atoms with Gasteiger partial charge in [0.05, 0.1) is 31.1 Å². The van der Waals surface area contributed by atoms with Gasteiger partial charge >= 0.3 is 0 Å². The number of anilines is 2. The minimum absolute atomic E-state index is 0.0260. The first-order valence-electron chi connectivity index (χ1n) is 14.0. The first kappa shape index (κ1) is 26.7. The maximum absolute atomic E-state index is 15.7. The van der Waals surface area contributed by atoms with Crippen LogP contribution in [0.3, 0.4) is 0 Å². The van der Waals surface area contributed by atoms with E-state index < -0.39 is 5.82 Å². The molecule has 4 heterocycles. The number of pyridine rings is 1. The molecular weight excluding hydrogens is 509 g/mol. The van der Waals surface area contributed by atoms with Crippen LogP contribution in [0.1, 0.15) is 50.5 Å². The van der Waals surface area contributed by atoms with Gasteiger partial charge in [-0.3, -0.25) is 9.88 Å². The maximum atomic E-state index is 15.7. The van der Waals surface area contributed by atoms with E-state index >= 15 is 4.39 Å². The first-order chi connectivity index (χ1) is 19.5. The molecule has 0 saturated carbocycles. The fraction of sp³-hybridized carbons (Fsp3) is 0.419. The second-order valence-electron chi connectivity index (χ2n) is 10.9. The molecule has 1 N–H and O–H groups in total. The Balaban J connectivity index is 1.47. The van der Waals surface area contributed by atoms with E-state index in [-0.39, 0.29) is 18.6 Å².